The van der Waals surface area contributed by atoms with Crippen molar-refractivity contribution in [3.8, 4) is 22.6 Å². The van der Waals surface area contributed by atoms with E-state index in [0.717, 1.165) is 22.1 Å². The van der Waals surface area contributed by atoms with Crippen molar-refractivity contribution in [1.82, 2.24) is 14.8 Å². The summed E-state index contributed by atoms with van der Waals surface area (Å²) in [7, 11) is 4.90. The van der Waals surface area contributed by atoms with Crippen LogP contribution in [0.25, 0.3) is 28.1 Å². The number of aromatic amines is 1. The van der Waals surface area contributed by atoms with Crippen molar-refractivity contribution in [3.05, 3.63) is 47.0 Å². The predicted molar refractivity (Wildman–Crippen MR) is 90.0 cm³/mol. The molecule has 0 spiro atoms. The number of benzene rings is 1. The standard InChI is InChI=1S/C17H17N3O3/c1-5-11-14(22-3)6-10(7-15(11)23-4)13-9-20(2)17(21)16-12(13)8-18-19-16/h5-9H,1H2,2-4H3,(H,18,19). The molecule has 3 rings (SSSR count). The van der Waals surface area contributed by atoms with Crippen molar-refractivity contribution in [2.45, 2.75) is 0 Å². The van der Waals surface area contributed by atoms with Crippen LogP contribution in [-0.2, 0) is 7.05 Å². The van der Waals surface area contributed by atoms with Crippen molar-refractivity contribution in [1.29, 1.82) is 0 Å². The summed E-state index contributed by atoms with van der Waals surface area (Å²) in [5.41, 5.74) is 2.86. The van der Waals surface area contributed by atoms with E-state index in [1.54, 1.807) is 39.7 Å². The summed E-state index contributed by atoms with van der Waals surface area (Å²) in [6, 6.07) is 3.79. The van der Waals surface area contributed by atoms with Gasteiger partial charge in [0.05, 0.1) is 26.0 Å². The molecule has 0 atom stereocenters. The van der Waals surface area contributed by atoms with Crippen molar-refractivity contribution < 1.29 is 9.47 Å². The Bertz CT molecular complexity index is 928. The lowest BCUT2D eigenvalue weighted by atomic mass is 10.0. The lowest BCUT2D eigenvalue weighted by Gasteiger charge is -2.14. The molecule has 3 aromatic rings. The van der Waals surface area contributed by atoms with Gasteiger partial charge in [0.1, 0.15) is 17.0 Å². The van der Waals surface area contributed by atoms with Gasteiger partial charge in [-0.05, 0) is 17.7 Å². The number of H-pyrrole nitrogens is 1. The normalized spacial score (nSPS) is 10.7. The first-order valence-electron chi connectivity index (χ1n) is 7.02. The highest BCUT2D eigenvalue weighted by Gasteiger charge is 2.15. The summed E-state index contributed by atoms with van der Waals surface area (Å²) in [4.78, 5) is 12.1. The highest BCUT2D eigenvalue weighted by molar-refractivity contribution is 5.94. The summed E-state index contributed by atoms with van der Waals surface area (Å²) in [6.07, 6.45) is 5.12. The zero-order valence-electron chi connectivity index (χ0n) is 13.2. The minimum atomic E-state index is -0.122. The van der Waals surface area contributed by atoms with Crippen LogP contribution in [0.15, 0.2) is 35.9 Å². The Labute approximate surface area is 133 Å². The van der Waals surface area contributed by atoms with Crippen LogP contribution < -0.4 is 15.0 Å². The van der Waals surface area contributed by atoms with Crippen LogP contribution in [-0.4, -0.2) is 29.0 Å². The van der Waals surface area contributed by atoms with E-state index in [4.69, 9.17) is 9.47 Å². The van der Waals surface area contributed by atoms with Gasteiger partial charge in [-0.25, -0.2) is 0 Å². The molecule has 0 saturated heterocycles. The van der Waals surface area contributed by atoms with Gasteiger partial charge in [0.2, 0.25) is 0 Å². The number of hydrogen-bond acceptors (Lipinski definition) is 4. The van der Waals surface area contributed by atoms with Crippen molar-refractivity contribution in [2.75, 3.05) is 14.2 Å². The average Bonchev–Trinajstić information content (AvgIpc) is 3.06. The molecular formula is C17H17N3O3. The van der Waals surface area contributed by atoms with E-state index in [0.29, 0.717) is 17.0 Å². The monoisotopic (exact) mass is 311 g/mol. The number of fused-ring (bicyclic) bond motifs is 1. The van der Waals surface area contributed by atoms with Gasteiger partial charge in [-0.15, -0.1) is 0 Å². The number of pyridine rings is 1. The van der Waals surface area contributed by atoms with E-state index in [-0.39, 0.29) is 5.56 Å². The van der Waals surface area contributed by atoms with Gasteiger partial charge in [0, 0.05) is 24.2 Å². The zero-order chi connectivity index (χ0) is 16.6. The lowest BCUT2D eigenvalue weighted by molar-refractivity contribution is 0.393. The summed E-state index contributed by atoms with van der Waals surface area (Å²) in [6.45, 7) is 3.80. The van der Waals surface area contributed by atoms with E-state index >= 15 is 0 Å². The number of aryl methyl sites for hydroxylation is 1. The van der Waals surface area contributed by atoms with E-state index in [2.05, 4.69) is 16.8 Å². The summed E-state index contributed by atoms with van der Waals surface area (Å²) in [5, 5.41) is 7.50. The summed E-state index contributed by atoms with van der Waals surface area (Å²) in [5.74, 6) is 1.31. The smallest absolute Gasteiger partial charge is 0.276 e. The second kappa shape index (κ2) is 5.64. The number of hydrogen-bond donors (Lipinski definition) is 1. The van der Waals surface area contributed by atoms with Gasteiger partial charge in [-0.1, -0.05) is 12.7 Å². The molecule has 118 valence electrons. The minimum absolute atomic E-state index is 0.122. The first-order chi connectivity index (χ1) is 11.1. The fourth-order valence-corrected chi connectivity index (χ4v) is 2.68. The SMILES string of the molecule is C=Cc1c(OC)cc(-c2cn(C)c(=O)c3[nH]ncc23)cc1OC. The zero-order valence-corrected chi connectivity index (χ0v) is 13.2. The Hall–Kier alpha value is -3.02. The molecule has 6 heteroatoms. The largest absolute Gasteiger partial charge is 0.496 e. The third kappa shape index (κ3) is 2.28. The second-order valence-corrected chi connectivity index (χ2v) is 5.12. The van der Waals surface area contributed by atoms with Gasteiger partial charge in [0.25, 0.3) is 5.56 Å². The molecule has 0 saturated carbocycles. The third-order valence-corrected chi connectivity index (χ3v) is 3.85. The maximum atomic E-state index is 12.1. The fourth-order valence-electron chi connectivity index (χ4n) is 2.68. The molecule has 2 heterocycles. The van der Waals surface area contributed by atoms with E-state index in [1.165, 1.54) is 4.57 Å². The quantitative estimate of drug-likeness (QED) is 0.804. The molecule has 1 aromatic carbocycles. The third-order valence-electron chi connectivity index (χ3n) is 3.85. The Morgan fingerprint density at radius 3 is 2.48 bits per heavy atom. The minimum Gasteiger partial charge on any atom is -0.496 e. The number of nitrogens with zero attached hydrogens (tertiary/aromatic N) is 2. The molecule has 2 aromatic heterocycles. The Morgan fingerprint density at radius 2 is 1.91 bits per heavy atom. The Balaban J connectivity index is 2.35. The molecule has 0 bridgehead atoms. The van der Waals surface area contributed by atoms with Gasteiger partial charge >= 0.3 is 0 Å². The molecule has 23 heavy (non-hydrogen) atoms. The van der Waals surface area contributed by atoms with Crippen molar-refractivity contribution in [2.24, 2.45) is 7.05 Å². The molecule has 0 amide bonds. The van der Waals surface area contributed by atoms with E-state index in [1.807, 2.05) is 12.1 Å². The van der Waals surface area contributed by atoms with Crippen LogP contribution in [0, 0.1) is 0 Å². The Kier molecular flexibility index (Phi) is 3.65. The van der Waals surface area contributed by atoms with Crippen molar-refractivity contribution in [3.63, 3.8) is 0 Å². The molecule has 0 radical (unpaired) electrons. The van der Waals surface area contributed by atoms with E-state index in [9.17, 15) is 4.79 Å². The lowest BCUT2D eigenvalue weighted by Crippen LogP contribution is -2.16. The van der Waals surface area contributed by atoms with Crippen LogP contribution in [0.5, 0.6) is 11.5 Å². The topological polar surface area (TPSA) is 69.1 Å². The first-order valence-corrected chi connectivity index (χ1v) is 7.02. The van der Waals surface area contributed by atoms with Crippen molar-refractivity contribution >= 4 is 17.0 Å². The van der Waals surface area contributed by atoms with Gasteiger partial charge in [0.15, 0.2) is 0 Å². The summed E-state index contributed by atoms with van der Waals surface area (Å²) < 4.78 is 12.4. The number of aromatic nitrogens is 3. The first kappa shape index (κ1) is 14.9. The van der Waals surface area contributed by atoms with Gasteiger partial charge in [-0.2, -0.15) is 5.10 Å². The maximum absolute atomic E-state index is 12.1. The molecule has 0 aliphatic heterocycles. The predicted octanol–water partition coefficient (Wildman–Crippen LogP) is 2.59. The van der Waals surface area contributed by atoms with Gasteiger partial charge < -0.3 is 14.0 Å². The molecule has 1 N–H and O–H groups in total. The van der Waals surface area contributed by atoms with E-state index < -0.39 is 0 Å². The van der Waals surface area contributed by atoms with Crippen LogP contribution in [0.1, 0.15) is 5.56 Å². The number of ether oxygens (including phenoxy) is 2. The van der Waals surface area contributed by atoms with Crippen LogP contribution in [0.4, 0.5) is 0 Å². The molecule has 6 nitrogen and oxygen atoms in total. The van der Waals surface area contributed by atoms with Gasteiger partial charge in [-0.3, -0.25) is 9.89 Å². The highest BCUT2D eigenvalue weighted by atomic mass is 16.5. The second-order valence-electron chi connectivity index (χ2n) is 5.12. The molecule has 0 aliphatic carbocycles. The van der Waals surface area contributed by atoms with Crippen LogP contribution in [0.3, 0.4) is 0 Å². The number of rotatable bonds is 4. The highest BCUT2D eigenvalue weighted by Crippen LogP contribution is 2.37. The fraction of sp³-hybridized carbons (Fsp3) is 0.176. The molecule has 0 fully saturated rings. The number of methoxy groups -OCH3 is 2. The molecular weight excluding hydrogens is 294 g/mol. The maximum Gasteiger partial charge on any atom is 0.276 e. The molecule has 0 unspecified atom stereocenters. The average molecular weight is 311 g/mol. The number of nitrogens with one attached hydrogen (secondary N) is 1. The molecule has 0 aliphatic rings. The Morgan fingerprint density at radius 1 is 1.26 bits per heavy atom. The van der Waals surface area contributed by atoms with Crippen LogP contribution in [0.2, 0.25) is 0 Å². The summed E-state index contributed by atoms with van der Waals surface area (Å²) >= 11 is 0. The van der Waals surface area contributed by atoms with Crippen LogP contribution >= 0.6 is 0 Å².